The summed E-state index contributed by atoms with van der Waals surface area (Å²) in [6, 6.07) is 7.46. The Kier molecular flexibility index (Phi) is 7.50. The lowest BCUT2D eigenvalue weighted by molar-refractivity contribution is -0.0869. The minimum absolute atomic E-state index is 0.146. The normalized spacial score (nSPS) is 22.0. The van der Waals surface area contributed by atoms with Crippen molar-refractivity contribution in [2.24, 2.45) is 5.92 Å². The highest BCUT2D eigenvalue weighted by Gasteiger charge is 2.44. The van der Waals surface area contributed by atoms with Crippen LogP contribution >= 0.6 is 0 Å². The number of nitrogens with one attached hydrogen (secondary N) is 1. The molecule has 1 saturated heterocycles. The molecule has 5 rings (SSSR count). The number of likely N-dealkylation sites (tertiary alicyclic amines) is 1. The van der Waals surface area contributed by atoms with Gasteiger partial charge in [-0.05, 0) is 49.1 Å². The minimum atomic E-state index is -3.49. The van der Waals surface area contributed by atoms with E-state index in [0.29, 0.717) is 43.7 Å². The number of aliphatic hydroxyl groups excluding tert-OH is 1. The van der Waals surface area contributed by atoms with Crippen LogP contribution in [0.15, 0.2) is 36.4 Å². The molecular formula is C28H31F6N3O. The number of alkyl halides is 4. The molecule has 38 heavy (non-hydrogen) atoms. The molecule has 0 radical (unpaired) electrons. The quantitative estimate of drug-likeness (QED) is 0.343. The van der Waals surface area contributed by atoms with E-state index in [1.807, 2.05) is 17.0 Å². The molecule has 2 aliphatic rings. The molecule has 0 unspecified atom stereocenters. The van der Waals surface area contributed by atoms with Crippen molar-refractivity contribution < 1.29 is 31.4 Å². The first kappa shape index (κ1) is 27.0. The summed E-state index contributed by atoms with van der Waals surface area (Å²) in [5, 5.41) is 10.1. The lowest BCUT2D eigenvalue weighted by Crippen LogP contribution is -2.49. The summed E-state index contributed by atoms with van der Waals surface area (Å²) in [5.74, 6) is -5.99. The third-order valence-corrected chi connectivity index (χ3v) is 7.86. The first-order valence-electron chi connectivity index (χ1n) is 12.9. The zero-order chi connectivity index (χ0) is 27.2. The number of nitrogens with zero attached hydrogens (tertiary/aromatic N) is 2. The van der Waals surface area contributed by atoms with Crippen LogP contribution in [0.5, 0.6) is 0 Å². The summed E-state index contributed by atoms with van der Waals surface area (Å²) in [5.41, 5.74) is 1.33. The van der Waals surface area contributed by atoms with Crippen molar-refractivity contribution in [2.45, 2.75) is 43.9 Å². The van der Waals surface area contributed by atoms with Crippen molar-refractivity contribution in [2.75, 3.05) is 39.5 Å². The van der Waals surface area contributed by atoms with Crippen LogP contribution in [0.3, 0.4) is 0 Å². The SMILES string of the molecule is C[C@@H]1Cc2c([nH]c3ccccc23)[C@@H](c2c(F)cc([C@@H](F)C3CN(CCCF)C3)cc2F)N1CC(F)(F)CO. The fourth-order valence-electron chi connectivity index (χ4n) is 5.94. The van der Waals surface area contributed by atoms with Crippen LogP contribution in [0.2, 0.25) is 0 Å². The summed E-state index contributed by atoms with van der Waals surface area (Å²) in [6.07, 6.45) is -0.895. The first-order valence-corrected chi connectivity index (χ1v) is 12.9. The zero-order valence-corrected chi connectivity index (χ0v) is 21.0. The summed E-state index contributed by atoms with van der Waals surface area (Å²) in [6.45, 7) is 0.175. The van der Waals surface area contributed by atoms with Crippen LogP contribution in [0, 0.1) is 17.6 Å². The number of aromatic amines is 1. The molecule has 2 aromatic carbocycles. The average molecular weight is 540 g/mol. The van der Waals surface area contributed by atoms with Crippen molar-refractivity contribution in [1.82, 2.24) is 14.8 Å². The van der Waals surface area contributed by atoms with E-state index in [1.54, 1.807) is 19.1 Å². The average Bonchev–Trinajstić information content (AvgIpc) is 3.22. The molecule has 0 saturated carbocycles. The maximum Gasteiger partial charge on any atom is 0.283 e. The molecule has 3 heterocycles. The van der Waals surface area contributed by atoms with Crippen LogP contribution in [0.1, 0.15) is 47.9 Å². The Hall–Kier alpha value is -2.56. The standard InChI is InChI=1S/C28H31F6N3O/c1-16-9-20-19-5-2-3-6-23(19)35-26(20)27(37(16)14-28(33,34)15-38)24-21(30)10-17(11-22(24)31)25(32)18-12-36(13-18)8-4-7-29/h2-3,5-6,10-11,16,18,25,27,35,38H,4,7-9,12-15H2,1H3/t16-,25-,27-/m1/s1. The van der Waals surface area contributed by atoms with E-state index in [-0.39, 0.29) is 5.56 Å². The van der Waals surface area contributed by atoms with Gasteiger partial charge in [-0.15, -0.1) is 0 Å². The Morgan fingerprint density at radius 3 is 2.47 bits per heavy atom. The van der Waals surface area contributed by atoms with E-state index in [4.69, 9.17) is 0 Å². The van der Waals surface area contributed by atoms with Gasteiger partial charge in [-0.3, -0.25) is 9.29 Å². The summed E-state index contributed by atoms with van der Waals surface area (Å²) >= 11 is 0. The molecular weight excluding hydrogens is 508 g/mol. The lowest BCUT2D eigenvalue weighted by atomic mass is 9.85. The second kappa shape index (κ2) is 10.5. The predicted octanol–water partition coefficient (Wildman–Crippen LogP) is 5.71. The number of aromatic nitrogens is 1. The highest BCUT2D eigenvalue weighted by atomic mass is 19.3. The third kappa shape index (κ3) is 4.94. The maximum atomic E-state index is 15.7. The van der Waals surface area contributed by atoms with E-state index < -0.39 is 67.1 Å². The second-order valence-electron chi connectivity index (χ2n) is 10.6. The zero-order valence-electron chi connectivity index (χ0n) is 21.0. The van der Waals surface area contributed by atoms with Gasteiger partial charge < -0.3 is 15.0 Å². The molecule has 3 atom stereocenters. The number of aliphatic hydroxyl groups is 1. The number of hydrogen-bond acceptors (Lipinski definition) is 3. The molecule has 2 N–H and O–H groups in total. The van der Waals surface area contributed by atoms with E-state index in [9.17, 15) is 18.3 Å². The molecule has 0 spiro atoms. The van der Waals surface area contributed by atoms with Crippen molar-refractivity contribution >= 4 is 10.9 Å². The molecule has 0 aliphatic carbocycles. The number of para-hydroxylation sites is 1. The Morgan fingerprint density at radius 1 is 1.13 bits per heavy atom. The van der Waals surface area contributed by atoms with Gasteiger partial charge in [-0.2, -0.15) is 0 Å². The topological polar surface area (TPSA) is 42.5 Å². The molecule has 4 nitrogen and oxygen atoms in total. The van der Waals surface area contributed by atoms with Gasteiger partial charge in [0.25, 0.3) is 5.92 Å². The van der Waals surface area contributed by atoms with E-state index >= 15 is 13.2 Å². The Balaban J connectivity index is 1.53. The summed E-state index contributed by atoms with van der Waals surface area (Å²) < 4.78 is 87.9. The molecule has 3 aromatic rings. The van der Waals surface area contributed by atoms with Gasteiger partial charge in [0.2, 0.25) is 0 Å². The van der Waals surface area contributed by atoms with Gasteiger partial charge in [0, 0.05) is 53.8 Å². The van der Waals surface area contributed by atoms with Gasteiger partial charge in [0.15, 0.2) is 0 Å². The van der Waals surface area contributed by atoms with Gasteiger partial charge in [-0.1, -0.05) is 18.2 Å². The van der Waals surface area contributed by atoms with Crippen molar-refractivity contribution in [1.29, 1.82) is 0 Å². The van der Waals surface area contributed by atoms with Crippen LogP contribution in [-0.2, 0) is 6.42 Å². The predicted molar refractivity (Wildman–Crippen MR) is 133 cm³/mol. The number of hydrogen-bond donors (Lipinski definition) is 2. The fraction of sp³-hybridized carbons (Fsp3) is 0.500. The van der Waals surface area contributed by atoms with Crippen molar-refractivity contribution in [3.63, 3.8) is 0 Å². The maximum absolute atomic E-state index is 15.7. The van der Waals surface area contributed by atoms with Gasteiger partial charge >= 0.3 is 0 Å². The van der Waals surface area contributed by atoms with Crippen LogP contribution in [0.4, 0.5) is 26.3 Å². The van der Waals surface area contributed by atoms with Crippen molar-refractivity contribution in [3.8, 4) is 0 Å². The van der Waals surface area contributed by atoms with E-state index in [0.717, 1.165) is 23.1 Å². The van der Waals surface area contributed by atoms with Gasteiger partial charge in [0.05, 0.1) is 19.3 Å². The lowest BCUT2D eigenvalue weighted by Gasteiger charge is -2.42. The van der Waals surface area contributed by atoms with Crippen LogP contribution in [0.25, 0.3) is 10.9 Å². The number of H-pyrrole nitrogens is 1. The molecule has 206 valence electrons. The number of rotatable bonds is 9. The van der Waals surface area contributed by atoms with Crippen LogP contribution in [-0.4, -0.2) is 71.3 Å². The molecule has 2 aliphatic heterocycles. The Bertz CT molecular complexity index is 1270. The highest BCUT2D eigenvalue weighted by molar-refractivity contribution is 5.85. The monoisotopic (exact) mass is 539 g/mol. The third-order valence-electron chi connectivity index (χ3n) is 7.86. The van der Waals surface area contributed by atoms with Gasteiger partial charge in [0.1, 0.15) is 24.4 Å². The molecule has 0 amide bonds. The fourth-order valence-corrected chi connectivity index (χ4v) is 5.94. The first-order chi connectivity index (χ1) is 18.1. The van der Waals surface area contributed by atoms with E-state index in [1.165, 1.54) is 4.90 Å². The largest absolute Gasteiger partial charge is 0.390 e. The van der Waals surface area contributed by atoms with E-state index in [2.05, 4.69) is 4.98 Å². The number of fused-ring (bicyclic) bond motifs is 3. The molecule has 1 fully saturated rings. The highest BCUT2D eigenvalue weighted by Crippen LogP contribution is 2.44. The second-order valence-corrected chi connectivity index (χ2v) is 10.6. The Morgan fingerprint density at radius 2 is 1.82 bits per heavy atom. The molecule has 10 heteroatoms. The molecule has 0 bridgehead atoms. The van der Waals surface area contributed by atoms with Crippen LogP contribution < -0.4 is 0 Å². The number of benzene rings is 2. The summed E-state index contributed by atoms with van der Waals surface area (Å²) in [4.78, 5) is 6.37. The van der Waals surface area contributed by atoms with Gasteiger partial charge in [-0.25, -0.2) is 22.0 Å². The summed E-state index contributed by atoms with van der Waals surface area (Å²) in [7, 11) is 0. The Labute approximate surface area is 217 Å². The molecule has 1 aromatic heterocycles. The smallest absolute Gasteiger partial charge is 0.283 e. The number of halogens is 6. The van der Waals surface area contributed by atoms with Crippen molar-refractivity contribution in [3.05, 3.63) is 70.4 Å². The minimum Gasteiger partial charge on any atom is -0.390 e.